The molecule has 0 aromatic heterocycles. The van der Waals surface area contributed by atoms with Gasteiger partial charge in [-0.15, -0.1) is 0 Å². The lowest BCUT2D eigenvalue weighted by Gasteiger charge is -2.04. The van der Waals surface area contributed by atoms with E-state index in [1.54, 1.807) is 0 Å². The van der Waals surface area contributed by atoms with Crippen LogP contribution in [-0.4, -0.2) is 0 Å². The van der Waals surface area contributed by atoms with Crippen LogP contribution in [0.2, 0.25) is 0 Å². The summed E-state index contributed by atoms with van der Waals surface area (Å²) in [5, 5.41) is 0. The average Bonchev–Trinajstić information content (AvgIpc) is 2.70. The van der Waals surface area contributed by atoms with Crippen molar-refractivity contribution in [1.82, 2.24) is 0 Å². The van der Waals surface area contributed by atoms with E-state index in [1.807, 2.05) is 6.92 Å². The van der Waals surface area contributed by atoms with Gasteiger partial charge in [-0.25, -0.2) is 0 Å². The number of ether oxygens (including phenoxy) is 2. The highest BCUT2D eigenvalue weighted by atomic mass is 16.5. The number of benzene rings is 1. The standard InChI is InChI=1S/C13H12O2/c1-7-11-5-13-9(3)15-8(2)12(13)4-10(11)6-14-7/h4-5,9H,1-2,6H2,3H3. The van der Waals surface area contributed by atoms with Crippen LogP contribution in [0.1, 0.15) is 35.3 Å². The van der Waals surface area contributed by atoms with Crippen molar-refractivity contribution in [3.05, 3.63) is 47.5 Å². The van der Waals surface area contributed by atoms with Gasteiger partial charge in [0, 0.05) is 22.3 Å². The number of fused-ring (bicyclic) bond motifs is 2. The largest absolute Gasteiger partial charge is 0.489 e. The first-order chi connectivity index (χ1) is 7.16. The monoisotopic (exact) mass is 200 g/mol. The molecule has 2 aliphatic heterocycles. The Morgan fingerprint density at radius 2 is 2.00 bits per heavy atom. The second-order valence-corrected chi connectivity index (χ2v) is 3.99. The second-order valence-electron chi connectivity index (χ2n) is 3.99. The summed E-state index contributed by atoms with van der Waals surface area (Å²) >= 11 is 0. The van der Waals surface area contributed by atoms with E-state index in [2.05, 4.69) is 25.3 Å². The molecule has 0 saturated carbocycles. The van der Waals surface area contributed by atoms with Gasteiger partial charge < -0.3 is 9.47 Å². The third-order valence-corrected chi connectivity index (χ3v) is 3.04. The maximum Gasteiger partial charge on any atom is 0.122 e. The molecule has 0 fully saturated rings. The van der Waals surface area contributed by atoms with E-state index < -0.39 is 0 Å². The highest BCUT2D eigenvalue weighted by molar-refractivity contribution is 5.73. The second kappa shape index (κ2) is 2.66. The lowest BCUT2D eigenvalue weighted by atomic mass is 9.97. The van der Waals surface area contributed by atoms with Crippen LogP contribution in [0.5, 0.6) is 0 Å². The Kier molecular flexibility index (Phi) is 1.52. The molecule has 1 aromatic carbocycles. The minimum atomic E-state index is 0.0891. The molecule has 1 aromatic rings. The molecule has 2 heteroatoms. The fourth-order valence-corrected chi connectivity index (χ4v) is 2.20. The van der Waals surface area contributed by atoms with Crippen LogP contribution >= 0.6 is 0 Å². The number of hydrogen-bond donors (Lipinski definition) is 0. The summed E-state index contributed by atoms with van der Waals surface area (Å²) in [7, 11) is 0. The van der Waals surface area contributed by atoms with Crippen LogP contribution < -0.4 is 0 Å². The first-order valence-corrected chi connectivity index (χ1v) is 5.01. The molecule has 0 radical (unpaired) electrons. The molecule has 2 nitrogen and oxygen atoms in total. The van der Waals surface area contributed by atoms with E-state index in [0.29, 0.717) is 6.61 Å². The molecule has 0 aliphatic carbocycles. The summed E-state index contributed by atoms with van der Waals surface area (Å²) in [6, 6.07) is 4.22. The van der Waals surface area contributed by atoms with Crippen molar-refractivity contribution in [2.45, 2.75) is 19.6 Å². The SMILES string of the molecule is C=C1OCc2cc3c(cc21)C(C)OC3=C. The van der Waals surface area contributed by atoms with Crippen molar-refractivity contribution in [1.29, 1.82) is 0 Å². The predicted octanol–water partition coefficient (Wildman–Crippen LogP) is 3.25. The highest BCUT2D eigenvalue weighted by Crippen LogP contribution is 2.41. The molecular formula is C13H12O2. The maximum atomic E-state index is 5.58. The van der Waals surface area contributed by atoms with Gasteiger partial charge in [0.15, 0.2) is 0 Å². The summed E-state index contributed by atoms with van der Waals surface area (Å²) in [6.07, 6.45) is 0.0891. The first-order valence-electron chi connectivity index (χ1n) is 5.01. The topological polar surface area (TPSA) is 18.5 Å². The lowest BCUT2D eigenvalue weighted by molar-refractivity contribution is 0.209. The van der Waals surface area contributed by atoms with Crippen molar-refractivity contribution >= 4 is 11.5 Å². The van der Waals surface area contributed by atoms with Crippen molar-refractivity contribution < 1.29 is 9.47 Å². The van der Waals surface area contributed by atoms with Crippen LogP contribution in [0.15, 0.2) is 25.3 Å². The summed E-state index contributed by atoms with van der Waals surface area (Å²) in [6.45, 7) is 10.4. The predicted molar refractivity (Wildman–Crippen MR) is 58.8 cm³/mol. The van der Waals surface area contributed by atoms with Crippen molar-refractivity contribution in [2.24, 2.45) is 0 Å². The highest BCUT2D eigenvalue weighted by Gasteiger charge is 2.27. The van der Waals surface area contributed by atoms with Gasteiger partial charge in [0.2, 0.25) is 0 Å². The Balaban J connectivity index is 2.25. The molecule has 0 saturated heterocycles. The van der Waals surface area contributed by atoms with Gasteiger partial charge in [-0.3, -0.25) is 0 Å². The summed E-state index contributed by atoms with van der Waals surface area (Å²) in [4.78, 5) is 0. The minimum absolute atomic E-state index is 0.0891. The first kappa shape index (κ1) is 8.60. The van der Waals surface area contributed by atoms with Crippen LogP contribution in [0.4, 0.5) is 0 Å². The molecule has 1 atom stereocenters. The van der Waals surface area contributed by atoms with Gasteiger partial charge >= 0.3 is 0 Å². The van der Waals surface area contributed by atoms with E-state index in [4.69, 9.17) is 9.47 Å². The van der Waals surface area contributed by atoms with Gasteiger partial charge in [0.1, 0.15) is 24.2 Å². The molecule has 0 spiro atoms. The zero-order valence-corrected chi connectivity index (χ0v) is 8.67. The van der Waals surface area contributed by atoms with Gasteiger partial charge in [0.05, 0.1) is 0 Å². The minimum Gasteiger partial charge on any atom is -0.489 e. The smallest absolute Gasteiger partial charge is 0.122 e. The Morgan fingerprint density at radius 3 is 2.80 bits per heavy atom. The Morgan fingerprint density at radius 1 is 1.20 bits per heavy atom. The zero-order chi connectivity index (χ0) is 10.6. The van der Waals surface area contributed by atoms with Crippen LogP contribution in [0.3, 0.4) is 0 Å². The molecular weight excluding hydrogens is 188 g/mol. The molecule has 2 heterocycles. The molecule has 1 unspecified atom stereocenters. The average molecular weight is 200 g/mol. The number of rotatable bonds is 0. The summed E-state index contributed by atoms with van der Waals surface area (Å²) in [5.74, 6) is 1.52. The fraction of sp³-hybridized carbons (Fsp3) is 0.231. The quantitative estimate of drug-likeness (QED) is 0.640. The van der Waals surface area contributed by atoms with Crippen LogP contribution in [-0.2, 0) is 16.1 Å². The zero-order valence-electron chi connectivity index (χ0n) is 8.67. The van der Waals surface area contributed by atoms with Crippen molar-refractivity contribution in [2.75, 3.05) is 0 Å². The normalized spacial score (nSPS) is 22.1. The molecule has 0 bridgehead atoms. The van der Waals surface area contributed by atoms with Crippen molar-refractivity contribution in [3.63, 3.8) is 0 Å². The third-order valence-electron chi connectivity index (χ3n) is 3.04. The molecule has 0 N–H and O–H groups in total. The van der Waals surface area contributed by atoms with Gasteiger partial charge in [-0.05, 0) is 19.1 Å². The molecule has 76 valence electrons. The molecule has 15 heavy (non-hydrogen) atoms. The van der Waals surface area contributed by atoms with Gasteiger partial charge in [-0.2, -0.15) is 0 Å². The number of hydrogen-bond acceptors (Lipinski definition) is 2. The van der Waals surface area contributed by atoms with Gasteiger partial charge in [0.25, 0.3) is 0 Å². The third kappa shape index (κ3) is 1.05. The Bertz CT molecular complexity index is 486. The summed E-state index contributed by atoms with van der Waals surface area (Å²) in [5.41, 5.74) is 4.58. The lowest BCUT2D eigenvalue weighted by Crippen LogP contribution is -1.91. The maximum absolute atomic E-state index is 5.58. The van der Waals surface area contributed by atoms with Gasteiger partial charge in [-0.1, -0.05) is 13.2 Å². The Labute approximate surface area is 88.8 Å². The van der Waals surface area contributed by atoms with Crippen LogP contribution in [0, 0.1) is 0 Å². The van der Waals surface area contributed by atoms with E-state index in [9.17, 15) is 0 Å². The molecule has 2 aliphatic rings. The van der Waals surface area contributed by atoms with E-state index in [-0.39, 0.29) is 6.10 Å². The van der Waals surface area contributed by atoms with Crippen LogP contribution in [0.25, 0.3) is 11.5 Å². The fourth-order valence-electron chi connectivity index (χ4n) is 2.20. The van der Waals surface area contributed by atoms with Crippen molar-refractivity contribution in [3.8, 4) is 0 Å². The van der Waals surface area contributed by atoms with E-state index in [0.717, 1.165) is 22.6 Å². The Hall–Kier alpha value is -1.70. The molecule has 3 rings (SSSR count). The van der Waals surface area contributed by atoms with E-state index in [1.165, 1.54) is 11.1 Å². The molecule has 0 amide bonds. The summed E-state index contributed by atoms with van der Waals surface area (Å²) < 4.78 is 11.0. The van der Waals surface area contributed by atoms with E-state index >= 15 is 0 Å².